The van der Waals surface area contributed by atoms with Crippen molar-refractivity contribution >= 4 is 42.1 Å². The third-order valence-corrected chi connectivity index (χ3v) is 6.25. The van der Waals surface area contributed by atoms with E-state index in [1.165, 1.54) is 0 Å². The van der Waals surface area contributed by atoms with Gasteiger partial charge in [-0.25, -0.2) is 4.98 Å². The molecule has 2 unspecified atom stereocenters. The Morgan fingerprint density at radius 1 is 1.48 bits per heavy atom. The van der Waals surface area contributed by atoms with Gasteiger partial charge in [0.1, 0.15) is 11.1 Å². The molecule has 5 nitrogen and oxygen atoms in total. The molecule has 3 rings (SSSR count). The van der Waals surface area contributed by atoms with Crippen LogP contribution in [0.5, 0.6) is 0 Å². The quantitative estimate of drug-likeness (QED) is 0.781. The highest BCUT2D eigenvalue weighted by atomic mass is 35.5. The van der Waals surface area contributed by atoms with Gasteiger partial charge in [0.25, 0.3) is 0 Å². The lowest BCUT2D eigenvalue weighted by atomic mass is 9.91. The first-order valence-corrected chi connectivity index (χ1v) is 9.45. The van der Waals surface area contributed by atoms with Gasteiger partial charge in [0, 0.05) is 25.0 Å². The highest BCUT2D eigenvalue weighted by molar-refractivity contribution is 7.09. The molecular weight excluding hydrogens is 381 g/mol. The lowest BCUT2D eigenvalue weighted by Crippen LogP contribution is -2.34. The molecule has 1 amide bonds. The van der Waals surface area contributed by atoms with Gasteiger partial charge in [0.2, 0.25) is 5.91 Å². The summed E-state index contributed by atoms with van der Waals surface area (Å²) >= 11 is 1.61. The van der Waals surface area contributed by atoms with Crippen LogP contribution in [0.3, 0.4) is 0 Å². The fourth-order valence-electron chi connectivity index (χ4n) is 3.66. The summed E-state index contributed by atoms with van der Waals surface area (Å²) in [4.78, 5) is 19.2. The summed E-state index contributed by atoms with van der Waals surface area (Å²) < 4.78 is 5.58. The van der Waals surface area contributed by atoms with Crippen LogP contribution in [0.2, 0.25) is 0 Å². The van der Waals surface area contributed by atoms with E-state index in [1.54, 1.807) is 11.3 Å². The second-order valence-corrected chi connectivity index (χ2v) is 7.73. The number of carbonyl (C=O) groups excluding carboxylic acids is 1. The number of nitrogens with zero attached hydrogens (tertiary/aromatic N) is 2. The van der Waals surface area contributed by atoms with Gasteiger partial charge in [-0.2, -0.15) is 0 Å². The van der Waals surface area contributed by atoms with Gasteiger partial charge in [0.15, 0.2) is 0 Å². The number of amides is 1. The zero-order valence-electron chi connectivity index (χ0n) is 15.1. The Balaban J connectivity index is 0.00000156. The molecule has 0 bridgehead atoms. The topological polar surface area (TPSA) is 54.5 Å². The number of thiazole rings is 1. The zero-order valence-corrected chi connectivity index (χ0v) is 17.6. The average molecular weight is 410 g/mol. The van der Waals surface area contributed by atoms with Crippen molar-refractivity contribution in [2.75, 3.05) is 26.7 Å². The molecule has 1 saturated heterocycles. The van der Waals surface area contributed by atoms with E-state index in [0.717, 1.165) is 43.1 Å². The van der Waals surface area contributed by atoms with Gasteiger partial charge in [-0.1, -0.05) is 0 Å². The highest BCUT2D eigenvalue weighted by Gasteiger charge is 2.58. The normalized spacial score (nSPS) is 21.8. The molecule has 1 aromatic rings. The van der Waals surface area contributed by atoms with Crippen LogP contribution in [0.15, 0.2) is 5.38 Å². The lowest BCUT2D eigenvalue weighted by Gasteiger charge is -2.25. The second-order valence-electron chi connectivity index (χ2n) is 6.84. The first-order valence-electron chi connectivity index (χ1n) is 8.57. The Labute approximate surface area is 166 Å². The van der Waals surface area contributed by atoms with Crippen molar-refractivity contribution in [3.8, 4) is 0 Å². The maximum Gasteiger partial charge on any atom is 0.226 e. The number of ether oxygens (including phenoxy) is 1. The number of nitrogens with one attached hydrogen (secondary N) is 1. The average Bonchev–Trinajstić information content (AvgIpc) is 3.02. The van der Waals surface area contributed by atoms with Gasteiger partial charge < -0.3 is 15.0 Å². The molecular formula is C17H29Cl2N3O2S. The van der Waals surface area contributed by atoms with Crippen molar-refractivity contribution in [1.29, 1.82) is 0 Å². The maximum absolute atomic E-state index is 12.7. The summed E-state index contributed by atoms with van der Waals surface area (Å²) in [5.41, 5.74) is 1.26. The minimum absolute atomic E-state index is 0. The van der Waals surface area contributed by atoms with E-state index in [0.29, 0.717) is 24.5 Å². The molecule has 1 saturated carbocycles. The summed E-state index contributed by atoms with van der Waals surface area (Å²) in [5.74, 6) is 0.523. The van der Waals surface area contributed by atoms with E-state index in [-0.39, 0.29) is 36.8 Å². The second kappa shape index (κ2) is 9.51. The van der Waals surface area contributed by atoms with Crippen molar-refractivity contribution in [2.24, 2.45) is 11.3 Å². The van der Waals surface area contributed by atoms with Crippen molar-refractivity contribution in [1.82, 2.24) is 15.2 Å². The van der Waals surface area contributed by atoms with E-state index in [4.69, 9.17) is 4.74 Å². The standard InChI is InChI=1S/C17H27N3O2S.2ClH/c1-4-22-12(2)15-19-13(11-23-15)10-20(3)16(21)14-9-17(14)5-7-18-8-6-17;;/h11-12,14,18H,4-10H2,1-3H3;2*1H. The number of hydrogen-bond donors (Lipinski definition) is 1. The lowest BCUT2D eigenvalue weighted by molar-refractivity contribution is -0.132. The molecule has 1 aliphatic heterocycles. The van der Waals surface area contributed by atoms with Crippen LogP contribution in [-0.2, 0) is 16.1 Å². The fourth-order valence-corrected chi connectivity index (χ4v) is 4.48. The molecule has 2 aliphatic rings. The predicted molar refractivity (Wildman–Crippen MR) is 106 cm³/mol. The molecule has 2 atom stereocenters. The zero-order chi connectivity index (χ0) is 16.4. The number of carbonyl (C=O) groups is 1. The number of hydrogen-bond acceptors (Lipinski definition) is 5. The molecule has 1 N–H and O–H groups in total. The van der Waals surface area contributed by atoms with Gasteiger partial charge in [0.05, 0.1) is 12.2 Å². The maximum atomic E-state index is 12.7. The number of rotatable bonds is 6. The summed E-state index contributed by atoms with van der Waals surface area (Å²) in [7, 11) is 1.90. The molecule has 144 valence electrons. The SMILES string of the molecule is CCOC(C)c1nc(CN(C)C(=O)C2CC23CCNCC3)cs1.Cl.Cl. The van der Waals surface area contributed by atoms with Crippen molar-refractivity contribution in [2.45, 2.75) is 45.8 Å². The van der Waals surface area contributed by atoms with Crippen LogP contribution in [0.25, 0.3) is 0 Å². The molecule has 0 radical (unpaired) electrons. The Morgan fingerprint density at radius 3 is 2.80 bits per heavy atom. The molecule has 1 aliphatic carbocycles. The van der Waals surface area contributed by atoms with Crippen LogP contribution in [0.4, 0.5) is 0 Å². The Hall–Kier alpha value is -0.400. The summed E-state index contributed by atoms with van der Waals surface area (Å²) in [6, 6.07) is 0. The van der Waals surface area contributed by atoms with Crippen LogP contribution < -0.4 is 5.32 Å². The van der Waals surface area contributed by atoms with E-state index in [9.17, 15) is 4.79 Å². The molecule has 0 aromatic carbocycles. The molecule has 2 fully saturated rings. The van der Waals surface area contributed by atoms with Crippen molar-refractivity contribution in [3.63, 3.8) is 0 Å². The van der Waals surface area contributed by atoms with Gasteiger partial charge in [-0.05, 0) is 51.6 Å². The van der Waals surface area contributed by atoms with E-state index in [2.05, 4.69) is 10.3 Å². The van der Waals surface area contributed by atoms with Crippen LogP contribution in [0.1, 0.15) is 49.9 Å². The number of aromatic nitrogens is 1. The third kappa shape index (κ3) is 5.07. The number of piperidine rings is 1. The van der Waals surface area contributed by atoms with Gasteiger partial charge in [-0.15, -0.1) is 36.2 Å². The Kier molecular flexibility index (Phi) is 8.61. The van der Waals surface area contributed by atoms with E-state index in [1.807, 2.05) is 31.2 Å². The van der Waals surface area contributed by atoms with Crippen molar-refractivity contribution in [3.05, 3.63) is 16.1 Å². The molecule has 2 heterocycles. The summed E-state index contributed by atoms with van der Waals surface area (Å²) in [6.45, 7) is 7.40. The van der Waals surface area contributed by atoms with Crippen LogP contribution in [0, 0.1) is 11.3 Å². The summed E-state index contributed by atoms with van der Waals surface area (Å²) in [5, 5.41) is 6.42. The monoisotopic (exact) mass is 409 g/mol. The largest absolute Gasteiger partial charge is 0.372 e. The van der Waals surface area contributed by atoms with E-state index < -0.39 is 0 Å². The fraction of sp³-hybridized carbons (Fsp3) is 0.765. The molecule has 25 heavy (non-hydrogen) atoms. The summed E-state index contributed by atoms with van der Waals surface area (Å²) in [6.07, 6.45) is 3.39. The minimum Gasteiger partial charge on any atom is -0.372 e. The Morgan fingerprint density at radius 2 is 2.16 bits per heavy atom. The molecule has 1 aromatic heterocycles. The minimum atomic E-state index is 0. The van der Waals surface area contributed by atoms with Gasteiger partial charge >= 0.3 is 0 Å². The first kappa shape index (κ1) is 22.6. The molecule has 1 spiro atoms. The van der Waals surface area contributed by atoms with Crippen molar-refractivity contribution < 1.29 is 9.53 Å². The Bertz CT molecular complexity index is 564. The predicted octanol–water partition coefficient (Wildman–Crippen LogP) is 3.43. The highest BCUT2D eigenvalue weighted by Crippen LogP contribution is 2.59. The van der Waals surface area contributed by atoms with E-state index >= 15 is 0 Å². The first-order chi connectivity index (χ1) is 11.1. The van der Waals surface area contributed by atoms with Gasteiger partial charge in [-0.3, -0.25) is 4.79 Å². The van der Waals surface area contributed by atoms with Crippen LogP contribution >= 0.6 is 36.2 Å². The third-order valence-electron chi connectivity index (χ3n) is 5.20. The smallest absolute Gasteiger partial charge is 0.226 e. The number of halogens is 2. The van der Waals surface area contributed by atoms with Crippen LogP contribution in [-0.4, -0.2) is 42.5 Å². The molecule has 8 heteroatoms.